The Kier molecular flexibility index (Phi) is 5.97. The van der Waals surface area contributed by atoms with Crippen LogP contribution in [0.4, 0.5) is 0 Å². The zero-order chi connectivity index (χ0) is 17.5. The van der Waals surface area contributed by atoms with Gasteiger partial charge < -0.3 is 24.3 Å². The molecule has 2 rings (SSSR count). The first-order valence-corrected chi connectivity index (χ1v) is 7.30. The molecule has 1 heterocycles. The number of fused-ring (bicyclic) bond motifs is 1. The van der Waals surface area contributed by atoms with Crippen LogP contribution in [-0.2, 0) is 20.7 Å². The number of rotatable bonds is 9. The van der Waals surface area contributed by atoms with Crippen molar-refractivity contribution in [2.24, 2.45) is 0 Å². The van der Waals surface area contributed by atoms with Gasteiger partial charge in [0, 0.05) is 17.0 Å². The van der Waals surface area contributed by atoms with Crippen molar-refractivity contribution in [3.8, 4) is 5.75 Å². The molecule has 1 unspecified atom stereocenters. The number of amides is 1. The van der Waals surface area contributed by atoms with Gasteiger partial charge in [-0.05, 0) is 12.1 Å². The predicted octanol–water partition coefficient (Wildman–Crippen LogP) is 1.76. The summed E-state index contributed by atoms with van der Waals surface area (Å²) in [6, 6.07) is 4.17. The summed E-state index contributed by atoms with van der Waals surface area (Å²) in [7, 11) is 1.55. The van der Waals surface area contributed by atoms with E-state index in [2.05, 4.69) is 11.9 Å². The van der Waals surface area contributed by atoms with Crippen molar-refractivity contribution in [1.29, 1.82) is 0 Å². The van der Waals surface area contributed by atoms with E-state index in [0.29, 0.717) is 16.9 Å². The molecular weight excluding hydrogens is 314 g/mol. The minimum atomic E-state index is -1.16. The van der Waals surface area contributed by atoms with Crippen LogP contribution in [0.15, 0.2) is 41.5 Å². The number of carboxylic acid groups (broad SMARTS) is 1. The highest BCUT2D eigenvalue weighted by Gasteiger charge is 2.21. The number of aliphatic carboxylic acids is 1. The van der Waals surface area contributed by atoms with Crippen LogP contribution in [0.2, 0.25) is 0 Å². The van der Waals surface area contributed by atoms with Gasteiger partial charge in [-0.25, -0.2) is 4.79 Å². The molecule has 0 saturated carbocycles. The zero-order valence-electron chi connectivity index (χ0n) is 13.3. The standard InChI is InChI=1S/C17H19NO6/c1-3-6-23-10-14(17(20)21)18-16(19)7-11-9-24-15-8-12(22-2)4-5-13(11)15/h3-5,8-9,14H,1,6-7,10H2,2H3,(H,18,19)(H,20,21). The first-order chi connectivity index (χ1) is 11.5. The smallest absolute Gasteiger partial charge is 0.328 e. The van der Waals surface area contributed by atoms with Crippen molar-refractivity contribution >= 4 is 22.8 Å². The van der Waals surface area contributed by atoms with Gasteiger partial charge in [-0.1, -0.05) is 6.08 Å². The molecule has 1 aromatic carbocycles. The summed E-state index contributed by atoms with van der Waals surface area (Å²) < 4.78 is 15.6. The number of carboxylic acids is 1. The van der Waals surface area contributed by atoms with E-state index in [1.165, 1.54) is 12.3 Å². The molecule has 2 aromatic rings. The fourth-order valence-electron chi connectivity index (χ4n) is 2.19. The first kappa shape index (κ1) is 17.6. The molecule has 0 aliphatic heterocycles. The summed E-state index contributed by atoms with van der Waals surface area (Å²) in [4.78, 5) is 23.3. The van der Waals surface area contributed by atoms with Crippen LogP contribution in [0, 0.1) is 0 Å². The topological polar surface area (TPSA) is 98.0 Å². The molecule has 1 amide bonds. The third kappa shape index (κ3) is 4.36. The maximum absolute atomic E-state index is 12.1. The van der Waals surface area contributed by atoms with E-state index >= 15 is 0 Å². The SMILES string of the molecule is C=CCOCC(NC(=O)Cc1coc2cc(OC)ccc12)C(=O)O. The van der Waals surface area contributed by atoms with Gasteiger partial charge >= 0.3 is 5.97 Å². The third-order valence-corrected chi connectivity index (χ3v) is 3.37. The molecule has 7 heteroatoms. The van der Waals surface area contributed by atoms with Crippen LogP contribution >= 0.6 is 0 Å². The second-order valence-corrected chi connectivity index (χ2v) is 5.08. The van der Waals surface area contributed by atoms with Crippen LogP contribution in [0.3, 0.4) is 0 Å². The van der Waals surface area contributed by atoms with E-state index in [9.17, 15) is 9.59 Å². The number of hydrogen-bond donors (Lipinski definition) is 2. The number of nitrogens with one attached hydrogen (secondary N) is 1. The third-order valence-electron chi connectivity index (χ3n) is 3.37. The Labute approximate surface area is 138 Å². The molecule has 128 valence electrons. The van der Waals surface area contributed by atoms with Gasteiger partial charge in [0.05, 0.1) is 33.0 Å². The highest BCUT2D eigenvalue weighted by molar-refractivity contribution is 5.90. The van der Waals surface area contributed by atoms with E-state index in [-0.39, 0.29) is 19.6 Å². The Morgan fingerprint density at radius 1 is 1.46 bits per heavy atom. The number of carbonyl (C=O) groups is 2. The van der Waals surface area contributed by atoms with E-state index in [4.69, 9.17) is 19.0 Å². The molecule has 0 aliphatic carbocycles. The molecule has 2 N–H and O–H groups in total. The monoisotopic (exact) mass is 333 g/mol. The van der Waals surface area contributed by atoms with Crippen molar-refractivity contribution < 1.29 is 28.6 Å². The highest BCUT2D eigenvalue weighted by atomic mass is 16.5. The fourth-order valence-corrected chi connectivity index (χ4v) is 2.19. The number of ether oxygens (including phenoxy) is 2. The van der Waals surface area contributed by atoms with Crippen molar-refractivity contribution in [1.82, 2.24) is 5.32 Å². The average Bonchev–Trinajstić information content (AvgIpc) is 2.96. The normalized spacial score (nSPS) is 11.9. The van der Waals surface area contributed by atoms with Gasteiger partial charge in [-0.3, -0.25) is 4.79 Å². The van der Waals surface area contributed by atoms with Crippen LogP contribution in [0.1, 0.15) is 5.56 Å². The highest BCUT2D eigenvalue weighted by Crippen LogP contribution is 2.25. The van der Waals surface area contributed by atoms with Crippen LogP contribution in [0.25, 0.3) is 11.0 Å². The Bertz CT molecular complexity index is 736. The maximum atomic E-state index is 12.1. The van der Waals surface area contributed by atoms with Gasteiger partial charge in [0.15, 0.2) is 6.04 Å². The molecule has 0 fully saturated rings. The van der Waals surface area contributed by atoms with Gasteiger partial charge in [0.1, 0.15) is 11.3 Å². The van der Waals surface area contributed by atoms with Gasteiger partial charge in [-0.15, -0.1) is 6.58 Å². The molecular formula is C17H19NO6. The molecule has 24 heavy (non-hydrogen) atoms. The van der Waals surface area contributed by atoms with E-state index < -0.39 is 17.9 Å². The van der Waals surface area contributed by atoms with Crippen molar-refractivity contribution in [3.05, 3.63) is 42.7 Å². The van der Waals surface area contributed by atoms with Crippen LogP contribution in [0.5, 0.6) is 5.75 Å². The minimum Gasteiger partial charge on any atom is -0.497 e. The molecule has 7 nitrogen and oxygen atoms in total. The lowest BCUT2D eigenvalue weighted by Gasteiger charge is -2.14. The summed E-state index contributed by atoms with van der Waals surface area (Å²) >= 11 is 0. The van der Waals surface area contributed by atoms with E-state index in [1.54, 1.807) is 25.3 Å². The summed E-state index contributed by atoms with van der Waals surface area (Å²) in [6.45, 7) is 3.56. The Balaban J connectivity index is 2.03. The molecule has 1 aromatic heterocycles. The summed E-state index contributed by atoms with van der Waals surface area (Å²) in [6.07, 6.45) is 2.99. The number of methoxy groups -OCH3 is 1. The maximum Gasteiger partial charge on any atom is 0.328 e. The summed E-state index contributed by atoms with van der Waals surface area (Å²) in [5, 5.41) is 12.3. The molecule has 0 spiro atoms. The second-order valence-electron chi connectivity index (χ2n) is 5.08. The fraction of sp³-hybridized carbons (Fsp3) is 0.294. The molecule has 0 aliphatic rings. The Morgan fingerprint density at radius 3 is 2.92 bits per heavy atom. The average molecular weight is 333 g/mol. The lowest BCUT2D eigenvalue weighted by Crippen LogP contribution is -2.44. The molecule has 0 bridgehead atoms. The van der Waals surface area contributed by atoms with Crippen LogP contribution in [-0.4, -0.2) is 43.3 Å². The number of benzene rings is 1. The Hall–Kier alpha value is -2.80. The van der Waals surface area contributed by atoms with Crippen molar-refractivity contribution in [2.45, 2.75) is 12.5 Å². The molecule has 0 radical (unpaired) electrons. The second kappa shape index (κ2) is 8.16. The van der Waals surface area contributed by atoms with E-state index in [0.717, 1.165) is 5.39 Å². The molecule has 0 saturated heterocycles. The van der Waals surface area contributed by atoms with Gasteiger partial charge in [-0.2, -0.15) is 0 Å². The minimum absolute atomic E-state index is 0.00453. The first-order valence-electron chi connectivity index (χ1n) is 7.30. The number of furan rings is 1. The van der Waals surface area contributed by atoms with Crippen LogP contribution < -0.4 is 10.1 Å². The quantitative estimate of drug-likeness (QED) is 0.536. The largest absolute Gasteiger partial charge is 0.497 e. The van der Waals surface area contributed by atoms with E-state index in [1.807, 2.05) is 0 Å². The molecule has 1 atom stereocenters. The number of carbonyl (C=O) groups excluding carboxylic acids is 1. The predicted molar refractivity (Wildman–Crippen MR) is 87.1 cm³/mol. The van der Waals surface area contributed by atoms with Crippen molar-refractivity contribution in [2.75, 3.05) is 20.3 Å². The lowest BCUT2D eigenvalue weighted by atomic mass is 10.1. The van der Waals surface area contributed by atoms with Gasteiger partial charge in [0.2, 0.25) is 5.91 Å². The number of hydrogen-bond acceptors (Lipinski definition) is 5. The Morgan fingerprint density at radius 2 is 2.25 bits per heavy atom. The summed E-state index contributed by atoms with van der Waals surface area (Å²) in [5.41, 5.74) is 1.27. The zero-order valence-corrected chi connectivity index (χ0v) is 13.3. The van der Waals surface area contributed by atoms with Gasteiger partial charge in [0.25, 0.3) is 0 Å². The van der Waals surface area contributed by atoms with Crippen molar-refractivity contribution in [3.63, 3.8) is 0 Å². The summed E-state index contributed by atoms with van der Waals surface area (Å²) in [5.74, 6) is -0.935. The lowest BCUT2D eigenvalue weighted by molar-refractivity contribution is -0.143.